The molecule has 0 aliphatic rings. The summed E-state index contributed by atoms with van der Waals surface area (Å²) in [5.74, 6) is -0.215. The lowest BCUT2D eigenvalue weighted by Gasteiger charge is -2.16. The minimum atomic E-state index is -4.54. The maximum Gasteiger partial charge on any atom is 0.416 e. The Morgan fingerprint density at radius 3 is 2.50 bits per heavy atom. The van der Waals surface area contributed by atoms with Crippen molar-refractivity contribution in [1.82, 2.24) is 0 Å². The van der Waals surface area contributed by atoms with Gasteiger partial charge in [0, 0.05) is 0 Å². The summed E-state index contributed by atoms with van der Waals surface area (Å²) in [4.78, 5) is 0. The Labute approximate surface area is 95.6 Å². The fourth-order valence-corrected chi connectivity index (χ4v) is 1.45. The standard InChI is InChI=1S/C10H10ClF3O2/c1-16-6-2-3-7(9(15)5-11)8(4-6)10(12,13)14/h2-4,9,15H,5H2,1H3. The molecule has 1 aromatic carbocycles. The third-order valence-electron chi connectivity index (χ3n) is 2.07. The first-order chi connectivity index (χ1) is 7.40. The molecule has 1 N–H and O–H groups in total. The minimum absolute atomic E-state index is 0.0813. The zero-order valence-corrected chi connectivity index (χ0v) is 9.14. The second kappa shape index (κ2) is 4.93. The molecule has 0 amide bonds. The molecule has 90 valence electrons. The molecule has 0 fully saturated rings. The summed E-state index contributed by atoms with van der Waals surface area (Å²) in [7, 11) is 1.27. The monoisotopic (exact) mass is 254 g/mol. The van der Waals surface area contributed by atoms with Crippen LogP contribution in [0.15, 0.2) is 18.2 Å². The van der Waals surface area contributed by atoms with E-state index < -0.39 is 17.8 Å². The Hall–Kier alpha value is -0.940. The van der Waals surface area contributed by atoms with Crippen molar-refractivity contribution < 1.29 is 23.0 Å². The van der Waals surface area contributed by atoms with E-state index in [0.717, 1.165) is 12.1 Å². The van der Waals surface area contributed by atoms with E-state index in [2.05, 4.69) is 0 Å². The van der Waals surface area contributed by atoms with Crippen molar-refractivity contribution >= 4 is 11.6 Å². The van der Waals surface area contributed by atoms with Gasteiger partial charge in [0.1, 0.15) is 5.75 Å². The molecule has 0 aromatic heterocycles. The van der Waals surface area contributed by atoms with E-state index >= 15 is 0 Å². The highest BCUT2D eigenvalue weighted by molar-refractivity contribution is 6.18. The van der Waals surface area contributed by atoms with E-state index in [0.29, 0.717) is 0 Å². The van der Waals surface area contributed by atoms with Gasteiger partial charge in [-0.1, -0.05) is 6.07 Å². The van der Waals surface area contributed by atoms with E-state index in [1.165, 1.54) is 13.2 Å². The number of rotatable bonds is 3. The van der Waals surface area contributed by atoms with Crippen molar-refractivity contribution in [3.8, 4) is 5.75 Å². The molecule has 0 radical (unpaired) electrons. The summed E-state index contributed by atoms with van der Waals surface area (Å²) in [6.07, 6.45) is -5.89. The van der Waals surface area contributed by atoms with Crippen molar-refractivity contribution in [3.05, 3.63) is 29.3 Å². The van der Waals surface area contributed by atoms with Crippen LogP contribution >= 0.6 is 11.6 Å². The topological polar surface area (TPSA) is 29.5 Å². The quantitative estimate of drug-likeness (QED) is 0.841. The van der Waals surface area contributed by atoms with Gasteiger partial charge in [-0.3, -0.25) is 0 Å². The Morgan fingerprint density at radius 1 is 1.44 bits per heavy atom. The fourth-order valence-electron chi connectivity index (χ4n) is 1.28. The van der Waals surface area contributed by atoms with Crippen molar-refractivity contribution in [2.45, 2.75) is 12.3 Å². The summed E-state index contributed by atoms with van der Waals surface area (Å²) < 4.78 is 42.7. The smallest absolute Gasteiger partial charge is 0.416 e. The third-order valence-corrected chi connectivity index (χ3v) is 2.36. The van der Waals surface area contributed by atoms with Crippen LogP contribution in [0.5, 0.6) is 5.75 Å². The average Bonchev–Trinajstić information content (AvgIpc) is 2.26. The molecular formula is C10H10ClF3O2. The molecule has 1 rings (SSSR count). The van der Waals surface area contributed by atoms with Gasteiger partial charge in [-0.2, -0.15) is 13.2 Å². The molecule has 1 aromatic rings. The van der Waals surface area contributed by atoms with Crippen LogP contribution in [0.2, 0.25) is 0 Å². The van der Waals surface area contributed by atoms with Gasteiger partial charge in [0.25, 0.3) is 0 Å². The first kappa shape index (κ1) is 13.1. The lowest BCUT2D eigenvalue weighted by molar-refractivity contribution is -0.139. The Bertz CT molecular complexity index is 366. The molecule has 0 aliphatic carbocycles. The van der Waals surface area contributed by atoms with Gasteiger partial charge in [0.2, 0.25) is 0 Å². The molecule has 2 nitrogen and oxygen atoms in total. The molecule has 0 heterocycles. The van der Waals surface area contributed by atoms with Gasteiger partial charge in [-0.15, -0.1) is 11.6 Å². The van der Waals surface area contributed by atoms with E-state index in [1.807, 2.05) is 0 Å². The van der Waals surface area contributed by atoms with Gasteiger partial charge in [-0.05, 0) is 17.7 Å². The van der Waals surface area contributed by atoms with Gasteiger partial charge in [0.15, 0.2) is 0 Å². The van der Waals surface area contributed by atoms with Gasteiger partial charge < -0.3 is 9.84 Å². The number of alkyl halides is 4. The highest BCUT2D eigenvalue weighted by Gasteiger charge is 2.35. The Kier molecular flexibility index (Phi) is 4.04. The number of methoxy groups -OCH3 is 1. The first-order valence-electron chi connectivity index (χ1n) is 4.39. The maximum absolute atomic E-state index is 12.7. The number of ether oxygens (including phenoxy) is 1. The summed E-state index contributed by atoms with van der Waals surface area (Å²) in [6, 6.07) is 3.35. The number of halogens is 4. The van der Waals surface area contributed by atoms with Crippen LogP contribution in [0.3, 0.4) is 0 Å². The fraction of sp³-hybridized carbons (Fsp3) is 0.400. The molecule has 0 spiro atoms. The summed E-state index contributed by atoms with van der Waals surface area (Å²) in [5, 5.41) is 9.36. The minimum Gasteiger partial charge on any atom is -0.497 e. The van der Waals surface area contributed by atoms with Crippen LogP contribution in [-0.2, 0) is 6.18 Å². The molecule has 0 saturated carbocycles. The van der Waals surface area contributed by atoms with E-state index in [4.69, 9.17) is 16.3 Å². The molecule has 6 heteroatoms. The lowest BCUT2D eigenvalue weighted by Crippen LogP contribution is -2.13. The number of hydrogen-bond donors (Lipinski definition) is 1. The van der Waals surface area contributed by atoms with Crippen molar-refractivity contribution in [1.29, 1.82) is 0 Å². The largest absolute Gasteiger partial charge is 0.497 e. The number of aliphatic hydroxyl groups is 1. The number of aliphatic hydroxyl groups excluding tert-OH is 1. The number of benzene rings is 1. The average molecular weight is 255 g/mol. The van der Waals surface area contributed by atoms with Crippen LogP contribution < -0.4 is 4.74 Å². The molecule has 1 unspecified atom stereocenters. The molecule has 0 aliphatic heterocycles. The highest BCUT2D eigenvalue weighted by Crippen LogP contribution is 2.37. The van der Waals surface area contributed by atoms with Crippen molar-refractivity contribution in [3.63, 3.8) is 0 Å². The molecule has 1 atom stereocenters. The third kappa shape index (κ3) is 2.80. The van der Waals surface area contributed by atoms with E-state index in [9.17, 15) is 18.3 Å². The predicted octanol–water partition coefficient (Wildman–Crippen LogP) is 2.99. The first-order valence-corrected chi connectivity index (χ1v) is 4.92. The second-order valence-electron chi connectivity index (χ2n) is 3.12. The second-order valence-corrected chi connectivity index (χ2v) is 3.43. The Morgan fingerprint density at radius 2 is 2.06 bits per heavy atom. The molecule has 0 bridgehead atoms. The van der Waals surface area contributed by atoms with Crippen LogP contribution in [0.25, 0.3) is 0 Å². The SMILES string of the molecule is COc1ccc(C(O)CCl)c(C(F)(F)F)c1. The predicted molar refractivity (Wildman–Crippen MR) is 53.7 cm³/mol. The summed E-state index contributed by atoms with van der Waals surface area (Å²) in [5.41, 5.74) is -1.18. The summed E-state index contributed by atoms with van der Waals surface area (Å²) >= 11 is 5.33. The van der Waals surface area contributed by atoms with Gasteiger partial charge >= 0.3 is 6.18 Å². The van der Waals surface area contributed by atoms with Crippen molar-refractivity contribution in [2.24, 2.45) is 0 Å². The summed E-state index contributed by atoms with van der Waals surface area (Å²) in [6.45, 7) is 0. The highest BCUT2D eigenvalue weighted by atomic mass is 35.5. The van der Waals surface area contributed by atoms with E-state index in [1.54, 1.807) is 0 Å². The zero-order valence-electron chi connectivity index (χ0n) is 8.38. The zero-order chi connectivity index (χ0) is 12.3. The normalized spacial score (nSPS) is 13.6. The van der Waals surface area contributed by atoms with Gasteiger partial charge in [0.05, 0.1) is 24.7 Å². The van der Waals surface area contributed by atoms with Crippen LogP contribution in [-0.4, -0.2) is 18.1 Å². The lowest BCUT2D eigenvalue weighted by atomic mass is 10.0. The Balaban J connectivity index is 3.27. The van der Waals surface area contributed by atoms with Crippen molar-refractivity contribution in [2.75, 3.05) is 13.0 Å². The van der Waals surface area contributed by atoms with Crippen LogP contribution in [0.1, 0.15) is 17.2 Å². The maximum atomic E-state index is 12.7. The van der Waals surface area contributed by atoms with E-state index in [-0.39, 0.29) is 17.2 Å². The molecule has 0 saturated heterocycles. The van der Waals surface area contributed by atoms with Crippen LogP contribution in [0.4, 0.5) is 13.2 Å². The van der Waals surface area contributed by atoms with Gasteiger partial charge in [-0.25, -0.2) is 0 Å². The van der Waals surface area contributed by atoms with Crippen LogP contribution in [0, 0.1) is 0 Å². The number of hydrogen-bond acceptors (Lipinski definition) is 2. The molecule has 16 heavy (non-hydrogen) atoms. The molecular weight excluding hydrogens is 245 g/mol.